The molecule has 4 rings (SSSR count). The standard InChI is InChI=1S/C29H23BrClF3N2O5/c1-4-40-24-12-17(11-21(30)25(24)41-14-18-8-15(2)7-16(3)9-18)10-20-26(37)35-28(39)36(27(20)38)23-13-19(29(32,33)34)5-6-22(23)31/h5-13H,4,14H2,1-3H3,(H,35,37,39)/b20-10-. The first-order valence-electron chi connectivity index (χ1n) is 12.2. The third kappa shape index (κ3) is 6.74. The van der Waals surface area contributed by atoms with Gasteiger partial charge < -0.3 is 9.47 Å². The van der Waals surface area contributed by atoms with Crippen molar-refractivity contribution >= 4 is 57.1 Å². The van der Waals surface area contributed by atoms with Gasteiger partial charge in [0.25, 0.3) is 11.8 Å². The molecular weight excluding hydrogens is 629 g/mol. The number of halogens is 5. The van der Waals surface area contributed by atoms with Gasteiger partial charge in [-0.05, 0) is 84.2 Å². The van der Waals surface area contributed by atoms with Crippen LogP contribution in [0.1, 0.15) is 34.7 Å². The molecule has 12 heteroatoms. The maximum atomic E-state index is 13.3. The van der Waals surface area contributed by atoms with Crippen LogP contribution in [-0.4, -0.2) is 24.5 Å². The zero-order chi connectivity index (χ0) is 30.1. The van der Waals surface area contributed by atoms with Gasteiger partial charge in [0.05, 0.1) is 27.4 Å². The number of alkyl halides is 3. The molecule has 3 aromatic rings. The van der Waals surface area contributed by atoms with Crippen molar-refractivity contribution in [1.82, 2.24) is 5.32 Å². The van der Waals surface area contributed by atoms with Gasteiger partial charge in [-0.25, -0.2) is 9.69 Å². The second-order valence-electron chi connectivity index (χ2n) is 9.17. The number of amides is 4. The van der Waals surface area contributed by atoms with Crippen LogP contribution in [0.5, 0.6) is 11.5 Å². The molecule has 1 aliphatic heterocycles. The van der Waals surface area contributed by atoms with Gasteiger partial charge in [0.15, 0.2) is 11.5 Å². The molecule has 0 atom stereocenters. The number of anilines is 1. The number of ether oxygens (including phenoxy) is 2. The number of hydrogen-bond acceptors (Lipinski definition) is 5. The zero-order valence-corrected chi connectivity index (χ0v) is 24.3. The average Bonchev–Trinajstić information content (AvgIpc) is 2.86. The SMILES string of the molecule is CCOc1cc(/C=C2/C(=O)NC(=O)N(c3cc(C(F)(F)F)ccc3Cl)C2=O)cc(Br)c1OCc1cc(C)cc(C)c1. The van der Waals surface area contributed by atoms with Crippen molar-refractivity contribution < 1.29 is 37.0 Å². The summed E-state index contributed by atoms with van der Waals surface area (Å²) in [5.74, 6) is -1.47. The maximum absolute atomic E-state index is 13.3. The van der Waals surface area contributed by atoms with Crippen molar-refractivity contribution in [2.24, 2.45) is 0 Å². The number of nitrogens with one attached hydrogen (secondary N) is 1. The zero-order valence-electron chi connectivity index (χ0n) is 22.0. The van der Waals surface area contributed by atoms with E-state index in [1.165, 1.54) is 12.1 Å². The second kappa shape index (κ2) is 12.0. The van der Waals surface area contributed by atoms with E-state index < -0.39 is 40.8 Å². The Kier molecular flexibility index (Phi) is 8.79. The number of benzene rings is 3. The van der Waals surface area contributed by atoms with Crippen LogP contribution < -0.4 is 19.7 Å². The summed E-state index contributed by atoms with van der Waals surface area (Å²) in [6.07, 6.45) is -3.56. The summed E-state index contributed by atoms with van der Waals surface area (Å²) in [7, 11) is 0. The molecule has 0 radical (unpaired) electrons. The molecule has 1 N–H and O–H groups in total. The number of rotatable bonds is 7. The van der Waals surface area contributed by atoms with E-state index in [1.54, 1.807) is 13.0 Å². The lowest BCUT2D eigenvalue weighted by molar-refractivity contribution is -0.137. The Bertz CT molecular complexity index is 1570. The topological polar surface area (TPSA) is 84.9 Å². The highest BCUT2D eigenvalue weighted by atomic mass is 79.9. The molecule has 7 nitrogen and oxygen atoms in total. The highest BCUT2D eigenvalue weighted by molar-refractivity contribution is 9.10. The third-order valence-electron chi connectivity index (χ3n) is 5.92. The summed E-state index contributed by atoms with van der Waals surface area (Å²) in [4.78, 5) is 38.9. The molecule has 41 heavy (non-hydrogen) atoms. The highest BCUT2D eigenvalue weighted by Crippen LogP contribution is 2.39. The summed E-state index contributed by atoms with van der Waals surface area (Å²) in [5.41, 5.74) is 1.30. The van der Waals surface area contributed by atoms with Crippen LogP contribution in [0.3, 0.4) is 0 Å². The van der Waals surface area contributed by atoms with Crippen LogP contribution in [0.15, 0.2) is 58.6 Å². The molecule has 0 aliphatic carbocycles. The van der Waals surface area contributed by atoms with Gasteiger partial charge in [-0.3, -0.25) is 14.9 Å². The summed E-state index contributed by atoms with van der Waals surface area (Å²) >= 11 is 9.51. The lowest BCUT2D eigenvalue weighted by Gasteiger charge is -2.27. The van der Waals surface area contributed by atoms with Crippen LogP contribution >= 0.6 is 27.5 Å². The molecule has 1 aliphatic rings. The fourth-order valence-electron chi connectivity index (χ4n) is 4.29. The fourth-order valence-corrected chi connectivity index (χ4v) is 5.06. The Morgan fingerprint density at radius 2 is 1.68 bits per heavy atom. The fraction of sp³-hybridized carbons (Fsp3) is 0.207. The van der Waals surface area contributed by atoms with Crippen molar-refractivity contribution in [3.63, 3.8) is 0 Å². The quantitative estimate of drug-likeness (QED) is 0.213. The predicted octanol–water partition coefficient (Wildman–Crippen LogP) is 7.38. The number of carbonyl (C=O) groups excluding carboxylic acids is 3. The summed E-state index contributed by atoms with van der Waals surface area (Å²) in [6, 6.07) is 10.1. The Hall–Kier alpha value is -3.83. The Balaban J connectivity index is 1.70. The lowest BCUT2D eigenvalue weighted by Crippen LogP contribution is -2.54. The first kappa shape index (κ1) is 30.1. The Morgan fingerprint density at radius 3 is 2.32 bits per heavy atom. The molecule has 1 saturated heterocycles. The predicted molar refractivity (Wildman–Crippen MR) is 151 cm³/mol. The maximum Gasteiger partial charge on any atom is 0.416 e. The van der Waals surface area contributed by atoms with Crippen molar-refractivity contribution in [1.29, 1.82) is 0 Å². The van der Waals surface area contributed by atoms with Gasteiger partial charge in [0.2, 0.25) is 0 Å². The van der Waals surface area contributed by atoms with Gasteiger partial charge >= 0.3 is 12.2 Å². The monoisotopic (exact) mass is 650 g/mol. The smallest absolute Gasteiger partial charge is 0.416 e. The Labute approximate surface area is 247 Å². The number of carbonyl (C=O) groups is 3. The molecule has 214 valence electrons. The highest BCUT2D eigenvalue weighted by Gasteiger charge is 2.39. The minimum atomic E-state index is -4.76. The number of barbiturate groups is 1. The molecular formula is C29H23BrClF3N2O5. The number of imide groups is 2. The molecule has 0 unspecified atom stereocenters. The minimum Gasteiger partial charge on any atom is -0.490 e. The molecule has 0 saturated carbocycles. The Morgan fingerprint density at radius 1 is 1.00 bits per heavy atom. The molecule has 3 aromatic carbocycles. The third-order valence-corrected chi connectivity index (χ3v) is 6.83. The van der Waals surface area contributed by atoms with E-state index in [1.807, 2.05) is 37.4 Å². The van der Waals surface area contributed by atoms with E-state index in [4.69, 9.17) is 21.1 Å². The van der Waals surface area contributed by atoms with Crippen LogP contribution in [-0.2, 0) is 22.4 Å². The van der Waals surface area contributed by atoms with E-state index in [0.29, 0.717) is 32.5 Å². The largest absolute Gasteiger partial charge is 0.490 e. The van der Waals surface area contributed by atoms with Gasteiger partial charge in [0, 0.05) is 0 Å². The van der Waals surface area contributed by atoms with Gasteiger partial charge in [-0.15, -0.1) is 0 Å². The van der Waals surface area contributed by atoms with Crippen molar-refractivity contribution in [2.75, 3.05) is 11.5 Å². The molecule has 0 aromatic heterocycles. The first-order chi connectivity index (χ1) is 19.3. The van der Waals surface area contributed by atoms with Crippen LogP contribution in [0.2, 0.25) is 5.02 Å². The second-order valence-corrected chi connectivity index (χ2v) is 10.4. The molecule has 0 spiro atoms. The van der Waals surface area contributed by atoms with Crippen LogP contribution in [0, 0.1) is 13.8 Å². The van der Waals surface area contributed by atoms with Crippen molar-refractivity contribution in [3.05, 3.63) is 91.4 Å². The van der Waals surface area contributed by atoms with E-state index in [0.717, 1.165) is 28.8 Å². The number of aryl methyl sites for hydroxylation is 2. The first-order valence-corrected chi connectivity index (χ1v) is 13.4. The van der Waals surface area contributed by atoms with Crippen molar-refractivity contribution in [2.45, 2.75) is 33.6 Å². The average molecular weight is 652 g/mol. The van der Waals surface area contributed by atoms with E-state index in [-0.39, 0.29) is 18.2 Å². The van der Waals surface area contributed by atoms with E-state index in [2.05, 4.69) is 15.9 Å². The van der Waals surface area contributed by atoms with Crippen molar-refractivity contribution in [3.8, 4) is 11.5 Å². The van der Waals surface area contributed by atoms with Crippen LogP contribution in [0.25, 0.3) is 6.08 Å². The molecule has 1 fully saturated rings. The van der Waals surface area contributed by atoms with Gasteiger partial charge in [-0.2, -0.15) is 13.2 Å². The molecule has 1 heterocycles. The summed E-state index contributed by atoms with van der Waals surface area (Å²) in [5, 5.41) is 1.69. The lowest BCUT2D eigenvalue weighted by atomic mass is 10.1. The van der Waals surface area contributed by atoms with E-state index >= 15 is 0 Å². The summed E-state index contributed by atoms with van der Waals surface area (Å²) in [6.45, 7) is 6.27. The normalized spacial score (nSPS) is 14.9. The number of hydrogen-bond donors (Lipinski definition) is 1. The number of nitrogens with zero attached hydrogens (tertiary/aromatic N) is 1. The van der Waals surface area contributed by atoms with Crippen LogP contribution in [0.4, 0.5) is 23.7 Å². The molecule has 0 bridgehead atoms. The van der Waals surface area contributed by atoms with Gasteiger partial charge in [-0.1, -0.05) is 40.9 Å². The molecule has 4 amide bonds. The summed E-state index contributed by atoms with van der Waals surface area (Å²) < 4.78 is 52.2. The number of urea groups is 1. The van der Waals surface area contributed by atoms with E-state index in [9.17, 15) is 27.6 Å². The van der Waals surface area contributed by atoms with Gasteiger partial charge in [0.1, 0.15) is 12.2 Å². The minimum absolute atomic E-state index is 0.247.